The zero-order valence-electron chi connectivity index (χ0n) is 24.8. The number of fused-ring (bicyclic) bond motifs is 1. The standard InChI is InChI=1S/C20H33BN6O6.C8H7F3/c1-19(2)13-4-3-12(7-14(13)21(32)33-19)27-17(29)8-25-18(30)15(24)5-6-16(28)26-11-20(31,9-22)10-23;1-6-2-4-7(5-3-6)8(9,10)11/h3-4,7,15,31-32H,5-6,8-11,22-24H2,1-2H3,(H,25,30)(H,26,28)(H,27,29);2-5H,1H3. The Morgan fingerprint density at radius 1 is 1.02 bits per heavy atom. The average molecular weight is 624 g/mol. The van der Waals surface area contributed by atoms with Crippen LogP contribution in [0.25, 0.3) is 0 Å². The first-order valence-electron chi connectivity index (χ1n) is 13.8. The smallest absolute Gasteiger partial charge is 0.423 e. The van der Waals surface area contributed by atoms with Crippen LogP contribution in [0.2, 0.25) is 0 Å². The topological polar surface area (TPSA) is 215 Å². The van der Waals surface area contributed by atoms with Gasteiger partial charge in [0.2, 0.25) is 17.7 Å². The molecule has 1 heterocycles. The Morgan fingerprint density at radius 3 is 2.20 bits per heavy atom. The molecule has 1 aliphatic rings. The SMILES string of the molecule is CC1(C)OB(O)c2cc(NC(=O)CNC(=O)C(N)CCC(=O)NCC(O)(CN)CN)ccc21.Cc1ccc(C(F)(F)F)cc1. The van der Waals surface area contributed by atoms with Crippen LogP contribution in [0.4, 0.5) is 18.9 Å². The van der Waals surface area contributed by atoms with Crippen molar-refractivity contribution in [3.63, 3.8) is 0 Å². The molecule has 1 atom stereocenters. The van der Waals surface area contributed by atoms with Crippen molar-refractivity contribution in [1.29, 1.82) is 0 Å². The summed E-state index contributed by atoms with van der Waals surface area (Å²) < 4.78 is 41.2. The Bertz CT molecular complexity index is 1290. The van der Waals surface area contributed by atoms with E-state index in [4.69, 9.17) is 21.9 Å². The van der Waals surface area contributed by atoms with Crippen molar-refractivity contribution in [2.45, 2.75) is 57.0 Å². The Kier molecular flexibility index (Phi) is 12.9. The number of halogens is 3. The molecular weight excluding hydrogens is 584 g/mol. The minimum absolute atomic E-state index is 0.0431. The molecule has 0 saturated carbocycles. The van der Waals surface area contributed by atoms with E-state index in [2.05, 4.69) is 16.0 Å². The van der Waals surface area contributed by atoms with E-state index in [9.17, 15) is 37.7 Å². The molecule has 16 heteroatoms. The van der Waals surface area contributed by atoms with E-state index in [1.54, 1.807) is 25.1 Å². The first-order valence-corrected chi connectivity index (χ1v) is 13.8. The molecule has 44 heavy (non-hydrogen) atoms. The second-order valence-corrected chi connectivity index (χ2v) is 11.0. The summed E-state index contributed by atoms with van der Waals surface area (Å²) in [5.41, 5.74) is 16.7. The van der Waals surface area contributed by atoms with Crippen molar-refractivity contribution >= 4 is 36.0 Å². The Hall–Kier alpha value is -3.54. The lowest BCUT2D eigenvalue weighted by molar-refractivity contribution is -0.137. The number of benzene rings is 2. The van der Waals surface area contributed by atoms with Crippen LogP contribution in [0.3, 0.4) is 0 Å². The minimum atomic E-state index is -4.21. The molecule has 3 rings (SSSR count). The highest BCUT2D eigenvalue weighted by Gasteiger charge is 2.40. The third-order valence-electron chi connectivity index (χ3n) is 6.85. The summed E-state index contributed by atoms with van der Waals surface area (Å²) in [6.07, 6.45) is -4.23. The number of nitrogens with two attached hydrogens (primary N) is 3. The highest BCUT2D eigenvalue weighted by Crippen LogP contribution is 2.31. The molecule has 0 aromatic heterocycles. The molecule has 12 nitrogen and oxygen atoms in total. The van der Waals surface area contributed by atoms with Gasteiger partial charge in [0.05, 0.1) is 23.8 Å². The zero-order chi connectivity index (χ0) is 33.3. The number of amides is 3. The van der Waals surface area contributed by atoms with Crippen LogP contribution < -0.4 is 38.6 Å². The number of hydrogen-bond donors (Lipinski definition) is 8. The van der Waals surface area contributed by atoms with Crippen molar-refractivity contribution in [3.8, 4) is 0 Å². The quantitative estimate of drug-likeness (QED) is 0.152. The number of nitrogens with one attached hydrogen (secondary N) is 3. The third kappa shape index (κ3) is 10.9. The molecule has 3 amide bonds. The van der Waals surface area contributed by atoms with E-state index in [1.807, 2.05) is 13.8 Å². The van der Waals surface area contributed by atoms with Crippen molar-refractivity contribution in [1.82, 2.24) is 10.6 Å². The monoisotopic (exact) mass is 624 g/mol. The van der Waals surface area contributed by atoms with Gasteiger partial charge in [-0.3, -0.25) is 14.4 Å². The summed E-state index contributed by atoms with van der Waals surface area (Å²) in [6.45, 7) is 4.78. The Balaban J connectivity index is 0.000000514. The van der Waals surface area contributed by atoms with Gasteiger partial charge in [0.25, 0.3) is 0 Å². The van der Waals surface area contributed by atoms with Gasteiger partial charge in [-0.15, -0.1) is 0 Å². The molecule has 242 valence electrons. The molecule has 2 aromatic carbocycles. The van der Waals surface area contributed by atoms with Crippen molar-refractivity contribution in [2.24, 2.45) is 17.2 Å². The fourth-order valence-electron chi connectivity index (χ4n) is 4.04. The second-order valence-electron chi connectivity index (χ2n) is 11.0. The highest BCUT2D eigenvalue weighted by molar-refractivity contribution is 6.62. The molecule has 0 bridgehead atoms. The van der Waals surface area contributed by atoms with Crippen molar-refractivity contribution in [3.05, 3.63) is 59.2 Å². The number of hydrogen-bond acceptors (Lipinski definition) is 9. The number of carbonyl (C=O) groups is 3. The van der Waals surface area contributed by atoms with Gasteiger partial charge in [0.15, 0.2) is 0 Å². The molecule has 0 aliphatic carbocycles. The minimum Gasteiger partial charge on any atom is -0.423 e. The number of aliphatic hydroxyl groups is 1. The van der Waals surface area contributed by atoms with Gasteiger partial charge in [0, 0.05) is 31.7 Å². The van der Waals surface area contributed by atoms with Crippen LogP contribution in [0.15, 0.2) is 42.5 Å². The van der Waals surface area contributed by atoms with Gasteiger partial charge >= 0.3 is 13.3 Å². The van der Waals surface area contributed by atoms with Crippen LogP contribution in [0.5, 0.6) is 0 Å². The van der Waals surface area contributed by atoms with Gasteiger partial charge in [-0.25, -0.2) is 0 Å². The Morgan fingerprint density at radius 2 is 1.64 bits per heavy atom. The lowest BCUT2D eigenvalue weighted by Gasteiger charge is -2.24. The first kappa shape index (κ1) is 36.7. The maximum atomic E-state index is 12.2. The predicted octanol–water partition coefficient (Wildman–Crippen LogP) is -0.420. The van der Waals surface area contributed by atoms with Crippen LogP contribution in [0, 0.1) is 6.92 Å². The van der Waals surface area contributed by atoms with Crippen LogP contribution >= 0.6 is 0 Å². The summed E-state index contributed by atoms with van der Waals surface area (Å²) >= 11 is 0. The van der Waals surface area contributed by atoms with E-state index in [0.29, 0.717) is 11.2 Å². The van der Waals surface area contributed by atoms with E-state index >= 15 is 0 Å². The Labute approximate surface area is 254 Å². The van der Waals surface area contributed by atoms with E-state index in [1.165, 1.54) is 12.1 Å². The normalized spacial score (nSPS) is 14.6. The van der Waals surface area contributed by atoms with Gasteiger partial charge in [-0.1, -0.05) is 23.8 Å². The number of anilines is 1. The third-order valence-corrected chi connectivity index (χ3v) is 6.85. The lowest BCUT2D eigenvalue weighted by Crippen LogP contribution is -2.53. The zero-order valence-corrected chi connectivity index (χ0v) is 24.8. The number of rotatable bonds is 11. The predicted molar refractivity (Wildman–Crippen MR) is 159 cm³/mol. The summed E-state index contributed by atoms with van der Waals surface area (Å²) in [7, 11) is -1.08. The van der Waals surface area contributed by atoms with Gasteiger partial charge in [-0.05, 0) is 62.5 Å². The molecule has 1 unspecified atom stereocenters. The summed E-state index contributed by atoms with van der Waals surface area (Å²) in [6, 6.07) is 9.12. The molecular formula is C28H40BF3N6O6. The van der Waals surface area contributed by atoms with E-state index < -0.39 is 53.8 Å². The maximum Gasteiger partial charge on any atom is 0.492 e. The number of alkyl halides is 3. The fourth-order valence-corrected chi connectivity index (χ4v) is 4.04. The molecule has 0 radical (unpaired) electrons. The fraction of sp³-hybridized carbons (Fsp3) is 0.464. The number of aryl methyl sites for hydroxylation is 1. The van der Waals surface area contributed by atoms with E-state index in [0.717, 1.165) is 23.3 Å². The summed E-state index contributed by atoms with van der Waals surface area (Å²) in [5.74, 6) is -1.48. The summed E-state index contributed by atoms with van der Waals surface area (Å²) in [4.78, 5) is 36.2. The largest absolute Gasteiger partial charge is 0.492 e. The molecule has 0 spiro atoms. The van der Waals surface area contributed by atoms with Crippen LogP contribution in [-0.4, -0.2) is 72.8 Å². The van der Waals surface area contributed by atoms with Crippen LogP contribution in [0.1, 0.15) is 43.4 Å². The first-order chi connectivity index (χ1) is 20.4. The molecule has 0 fully saturated rings. The van der Waals surface area contributed by atoms with Gasteiger partial charge in [0.1, 0.15) is 5.60 Å². The molecule has 0 saturated heterocycles. The van der Waals surface area contributed by atoms with Crippen molar-refractivity contribution < 1.29 is 42.3 Å². The number of carbonyl (C=O) groups excluding carboxylic acids is 3. The molecule has 2 aromatic rings. The average Bonchev–Trinajstić information content (AvgIpc) is 3.20. The van der Waals surface area contributed by atoms with Crippen molar-refractivity contribution in [2.75, 3.05) is 31.5 Å². The highest BCUT2D eigenvalue weighted by atomic mass is 19.4. The molecule has 11 N–H and O–H groups in total. The maximum absolute atomic E-state index is 12.2. The lowest BCUT2D eigenvalue weighted by atomic mass is 9.78. The van der Waals surface area contributed by atoms with Gasteiger partial charge < -0.3 is 47.9 Å². The van der Waals surface area contributed by atoms with E-state index in [-0.39, 0.29) is 39.0 Å². The van der Waals surface area contributed by atoms with Crippen LogP contribution in [-0.2, 0) is 30.8 Å². The summed E-state index contributed by atoms with van der Waals surface area (Å²) in [5, 5.41) is 27.5. The molecule has 1 aliphatic heterocycles. The second kappa shape index (κ2) is 15.5. The van der Waals surface area contributed by atoms with Gasteiger partial charge in [-0.2, -0.15) is 13.2 Å².